The van der Waals surface area contributed by atoms with E-state index in [1.165, 1.54) is 22.5 Å². The lowest BCUT2D eigenvalue weighted by Gasteiger charge is -2.07. The summed E-state index contributed by atoms with van der Waals surface area (Å²) < 4.78 is 5.12. The first-order valence-corrected chi connectivity index (χ1v) is 10.1. The lowest BCUT2D eigenvalue weighted by molar-refractivity contribution is -0.119. The third kappa shape index (κ3) is 4.12. The number of esters is 1. The standard InChI is InChI=1S/C22H20N2O3S/c1-14-5-7-16(8-6-14)21-24-19(13-28-21)22(26)27-12-20(25)23-18-10-9-15-3-2-4-17(15)11-18/h5-11,13H,2-4,12H2,1H3,(H,23,25). The molecule has 4 rings (SSSR count). The van der Waals surface area contributed by atoms with Gasteiger partial charge in [-0.2, -0.15) is 0 Å². The van der Waals surface area contributed by atoms with Gasteiger partial charge in [0.25, 0.3) is 5.91 Å². The number of ether oxygens (including phenoxy) is 1. The van der Waals surface area contributed by atoms with E-state index in [0.717, 1.165) is 41.1 Å². The number of hydrogen-bond acceptors (Lipinski definition) is 5. The molecular formula is C22H20N2O3S. The summed E-state index contributed by atoms with van der Waals surface area (Å²) >= 11 is 1.37. The molecule has 5 nitrogen and oxygen atoms in total. The number of fused-ring (bicyclic) bond motifs is 1. The van der Waals surface area contributed by atoms with Crippen molar-refractivity contribution in [2.75, 3.05) is 11.9 Å². The maximum atomic E-state index is 12.2. The molecule has 1 aliphatic carbocycles. The fraction of sp³-hybridized carbons (Fsp3) is 0.227. The van der Waals surface area contributed by atoms with Crippen molar-refractivity contribution in [3.63, 3.8) is 0 Å². The van der Waals surface area contributed by atoms with E-state index in [4.69, 9.17) is 4.74 Å². The molecule has 0 radical (unpaired) electrons. The topological polar surface area (TPSA) is 68.3 Å². The highest BCUT2D eigenvalue weighted by molar-refractivity contribution is 7.13. The molecule has 1 amide bonds. The molecule has 0 saturated carbocycles. The first kappa shape index (κ1) is 18.4. The number of aryl methyl sites for hydroxylation is 3. The van der Waals surface area contributed by atoms with Crippen molar-refractivity contribution in [2.24, 2.45) is 0 Å². The molecule has 1 heterocycles. The van der Waals surface area contributed by atoms with Gasteiger partial charge in [-0.1, -0.05) is 35.9 Å². The number of anilines is 1. The maximum Gasteiger partial charge on any atom is 0.358 e. The number of thiazole rings is 1. The Bertz CT molecular complexity index is 1020. The van der Waals surface area contributed by atoms with Crippen LogP contribution in [0, 0.1) is 6.92 Å². The molecule has 142 valence electrons. The Morgan fingerprint density at radius 3 is 2.71 bits per heavy atom. The lowest BCUT2D eigenvalue weighted by atomic mass is 10.1. The second-order valence-electron chi connectivity index (χ2n) is 6.87. The van der Waals surface area contributed by atoms with Gasteiger partial charge in [-0.25, -0.2) is 9.78 Å². The summed E-state index contributed by atoms with van der Waals surface area (Å²) in [6.45, 7) is 1.68. The maximum absolute atomic E-state index is 12.2. The Morgan fingerprint density at radius 2 is 1.89 bits per heavy atom. The predicted octanol–water partition coefficient (Wildman–Crippen LogP) is 4.40. The first-order chi connectivity index (χ1) is 13.6. The van der Waals surface area contributed by atoms with E-state index < -0.39 is 5.97 Å². The number of carbonyl (C=O) groups is 2. The van der Waals surface area contributed by atoms with E-state index in [1.807, 2.05) is 49.4 Å². The Morgan fingerprint density at radius 1 is 1.11 bits per heavy atom. The van der Waals surface area contributed by atoms with Crippen molar-refractivity contribution in [1.82, 2.24) is 4.98 Å². The molecule has 1 aromatic heterocycles. The zero-order valence-corrected chi connectivity index (χ0v) is 16.3. The predicted molar refractivity (Wildman–Crippen MR) is 110 cm³/mol. The second kappa shape index (κ2) is 7.94. The van der Waals surface area contributed by atoms with Crippen molar-refractivity contribution in [2.45, 2.75) is 26.2 Å². The summed E-state index contributed by atoms with van der Waals surface area (Å²) in [6, 6.07) is 13.9. The van der Waals surface area contributed by atoms with E-state index in [1.54, 1.807) is 5.38 Å². The van der Waals surface area contributed by atoms with Crippen LogP contribution in [0.3, 0.4) is 0 Å². The third-order valence-electron chi connectivity index (χ3n) is 4.73. The number of aromatic nitrogens is 1. The average Bonchev–Trinajstić information content (AvgIpc) is 3.36. The van der Waals surface area contributed by atoms with Crippen LogP contribution >= 0.6 is 11.3 Å². The van der Waals surface area contributed by atoms with Gasteiger partial charge < -0.3 is 10.1 Å². The van der Waals surface area contributed by atoms with E-state index in [-0.39, 0.29) is 18.2 Å². The van der Waals surface area contributed by atoms with Gasteiger partial charge in [-0.05, 0) is 49.4 Å². The van der Waals surface area contributed by atoms with Crippen LogP contribution in [0.25, 0.3) is 10.6 Å². The van der Waals surface area contributed by atoms with E-state index >= 15 is 0 Å². The minimum absolute atomic E-state index is 0.214. The monoisotopic (exact) mass is 392 g/mol. The number of carbonyl (C=O) groups excluding carboxylic acids is 2. The molecule has 0 bridgehead atoms. The molecular weight excluding hydrogens is 372 g/mol. The Balaban J connectivity index is 1.33. The number of benzene rings is 2. The third-order valence-corrected chi connectivity index (χ3v) is 5.62. The van der Waals surface area contributed by atoms with Crippen LogP contribution in [-0.4, -0.2) is 23.5 Å². The van der Waals surface area contributed by atoms with Gasteiger partial charge in [0.1, 0.15) is 5.01 Å². The van der Waals surface area contributed by atoms with Crippen molar-refractivity contribution < 1.29 is 14.3 Å². The Labute approximate surface area is 167 Å². The summed E-state index contributed by atoms with van der Waals surface area (Å²) in [5.41, 5.74) is 5.68. The zero-order chi connectivity index (χ0) is 19.5. The summed E-state index contributed by atoms with van der Waals surface area (Å²) in [5.74, 6) is -0.959. The highest BCUT2D eigenvalue weighted by Gasteiger charge is 2.16. The summed E-state index contributed by atoms with van der Waals surface area (Å²) in [5, 5.41) is 5.17. The van der Waals surface area contributed by atoms with E-state index in [2.05, 4.69) is 10.3 Å². The zero-order valence-electron chi connectivity index (χ0n) is 15.5. The van der Waals surface area contributed by atoms with E-state index in [9.17, 15) is 9.59 Å². The molecule has 2 aromatic carbocycles. The first-order valence-electron chi connectivity index (χ1n) is 9.20. The Kier molecular flexibility index (Phi) is 5.21. The largest absolute Gasteiger partial charge is 0.451 e. The SMILES string of the molecule is Cc1ccc(-c2nc(C(=O)OCC(=O)Nc3ccc4c(c3)CCC4)cs2)cc1. The number of nitrogens with zero attached hydrogens (tertiary/aromatic N) is 1. The van der Waals surface area contributed by atoms with Gasteiger partial charge in [0, 0.05) is 16.6 Å². The molecule has 0 fully saturated rings. The van der Waals surface area contributed by atoms with Gasteiger partial charge in [0.15, 0.2) is 12.3 Å². The highest BCUT2D eigenvalue weighted by Crippen LogP contribution is 2.25. The van der Waals surface area contributed by atoms with Crippen molar-refractivity contribution in [3.05, 3.63) is 70.2 Å². The van der Waals surface area contributed by atoms with Gasteiger partial charge in [0.2, 0.25) is 0 Å². The molecule has 0 aliphatic heterocycles. The summed E-state index contributed by atoms with van der Waals surface area (Å²) in [6.07, 6.45) is 3.29. The summed E-state index contributed by atoms with van der Waals surface area (Å²) in [4.78, 5) is 28.6. The minimum atomic E-state index is -0.598. The summed E-state index contributed by atoms with van der Waals surface area (Å²) in [7, 11) is 0. The lowest BCUT2D eigenvalue weighted by Crippen LogP contribution is -2.21. The average molecular weight is 392 g/mol. The molecule has 6 heteroatoms. The van der Waals surface area contributed by atoms with Crippen LogP contribution < -0.4 is 5.32 Å². The van der Waals surface area contributed by atoms with Crippen LogP contribution in [-0.2, 0) is 22.4 Å². The molecule has 0 unspecified atom stereocenters. The van der Waals surface area contributed by atoms with Crippen LogP contribution in [0.2, 0.25) is 0 Å². The molecule has 28 heavy (non-hydrogen) atoms. The van der Waals surface area contributed by atoms with Gasteiger partial charge in [0.05, 0.1) is 0 Å². The van der Waals surface area contributed by atoms with Gasteiger partial charge in [-0.3, -0.25) is 4.79 Å². The van der Waals surface area contributed by atoms with Crippen LogP contribution in [0.1, 0.15) is 33.6 Å². The minimum Gasteiger partial charge on any atom is -0.451 e. The van der Waals surface area contributed by atoms with Crippen LogP contribution in [0.15, 0.2) is 47.8 Å². The normalized spacial score (nSPS) is 12.5. The molecule has 0 saturated heterocycles. The second-order valence-corrected chi connectivity index (χ2v) is 7.72. The molecule has 1 N–H and O–H groups in total. The van der Waals surface area contributed by atoms with E-state index in [0.29, 0.717) is 0 Å². The fourth-order valence-corrected chi connectivity index (χ4v) is 4.04. The van der Waals surface area contributed by atoms with Crippen LogP contribution in [0.5, 0.6) is 0 Å². The molecule has 1 aliphatic rings. The number of hydrogen-bond donors (Lipinski definition) is 1. The number of rotatable bonds is 5. The van der Waals surface area contributed by atoms with Crippen LogP contribution in [0.4, 0.5) is 5.69 Å². The molecule has 3 aromatic rings. The van der Waals surface area contributed by atoms with Crippen molar-refractivity contribution in [1.29, 1.82) is 0 Å². The number of nitrogens with one attached hydrogen (secondary N) is 1. The fourth-order valence-electron chi connectivity index (χ4n) is 3.25. The van der Waals surface area contributed by atoms with Gasteiger partial charge in [-0.15, -0.1) is 11.3 Å². The van der Waals surface area contributed by atoms with Crippen molar-refractivity contribution in [3.8, 4) is 10.6 Å². The number of amides is 1. The highest BCUT2D eigenvalue weighted by atomic mass is 32.1. The quantitative estimate of drug-likeness (QED) is 0.654. The Hall–Kier alpha value is -2.99. The van der Waals surface area contributed by atoms with Gasteiger partial charge >= 0.3 is 5.97 Å². The molecule has 0 spiro atoms. The molecule has 0 atom stereocenters. The van der Waals surface area contributed by atoms with Crippen molar-refractivity contribution >= 4 is 28.9 Å². The smallest absolute Gasteiger partial charge is 0.358 e.